The van der Waals surface area contributed by atoms with Gasteiger partial charge in [-0.25, -0.2) is 4.68 Å². The van der Waals surface area contributed by atoms with E-state index < -0.39 is 0 Å². The van der Waals surface area contributed by atoms with Crippen molar-refractivity contribution in [1.29, 1.82) is 0 Å². The van der Waals surface area contributed by atoms with Crippen LogP contribution in [-0.2, 0) is 13.0 Å². The van der Waals surface area contributed by atoms with Gasteiger partial charge in [-0.3, -0.25) is 9.89 Å². The molecule has 1 aliphatic rings. The van der Waals surface area contributed by atoms with Gasteiger partial charge >= 0.3 is 0 Å². The monoisotopic (exact) mass is 337 g/mol. The molecule has 3 N–H and O–H groups in total. The number of hydrogen-bond donors (Lipinski definition) is 3. The van der Waals surface area contributed by atoms with Crippen LogP contribution in [0.3, 0.4) is 0 Å². The van der Waals surface area contributed by atoms with Crippen molar-refractivity contribution in [3.63, 3.8) is 0 Å². The van der Waals surface area contributed by atoms with Gasteiger partial charge < -0.3 is 10.6 Å². The summed E-state index contributed by atoms with van der Waals surface area (Å²) in [5.74, 6) is -0.206. The summed E-state index contributed by atoms with van der Waals surface area (Å²) in [7, 11) is 0. The molecule has 8 nitrogen and oxygen atoms in total. The Morgan fingerprint density at radius 2 is 2.16 bits per heavy atom. The number of nitrogens with zero attached hydrogens (tertiary/aromatic N) is 4. The summed E-state index contributed by atoms with van der Waals surface area (Å²) in [5, 5.41) is 21.7. The van der Waals surface area contributed by atoms with E-state index in [2.05, 4.69) is 31.1 Å². The Bertz CT molecular complexity index is 884. The Kier molecular flexibility index (Phi) is 4.02. The van der Waals surface area contributed by atoms with E-state index in [9.17, 15) is 4.79 Å². The van der Waals surface area contributed by atoms with Gasteiger partial charge in [0.15, 0.2) is 5.69 Å². The first-order valence-corrected chi connectivity index (χ1v) is 8.28. The standard InChI is InChI=1S/C17H19N7O/c1-11(15-10-24(23-21-15)12-5-3-2-4-6-12)19-17(25)16-13-9-18-8-7-14(13)20-22-16/h2-6,10-11,18H,7-9H2,1H3,(H,19,25)(H,20,22). The molecule has 3 heterocycles. The summed E-state index contributed by atoms with van der Waals surface area (Å²) < 4.78 is 1.69. The lowest BCUT2D eigenvalue weighted by molar-refractivity contribution is 0.0933. The second-order valence-electron chi connectivity index (χ2n) is 6.07. The van der Waals surface area contributed by atoms with Crippen LogP contribution in [0.1, 0.15) is 40.4 Å². The predicted molar refractivity (Wildman–Crippen MR) is 91.2 cm³/mol. The molecule has 1 aliphatic heterocycles. The fourth-order valence-electron chi connectivity index (χ4n) is 2.93. The smallest absolute Gasteiger partial charge is 0.272 e. The van der Waals surface area contributed by atoms with Crippen LogP contribution in [0.25, 0.3) is 5.69 Å². The van der Waals surface area contributed by atoms with E-state index in [4.69, 9.17) is 0 Å². The normalized spacial score (nSPS) is 14.8. The molecule has 0 aliphatic carbocycles. The second-order valence-corrected chi connectivity index (χ2v) is 6.07. The number of aromatic nitrogens is 5. The fraction of sp³-hybridized carbons (Fsp3) is 0.294. The Balaban J connectivity index is 1.49. The van der Waals surface area contributed by atoms with Crippen molar-refractivity contribution in [3.8, 4) is 5.69 Å². The van der Waals surface area contributed by atoms with Gasteiger partial charge in [0.05, 0.1) is 17.9 Å². The van der Waals surface area contributed by atoms with Gasteiger partial charge in [0.25, 0.3) is 5.91 Å². The van der Waals surface area contributed by atoms with Gasteiger partial charge in [-0.15, -0.1) is 5.10 Å². The molecule has 2 aromatic heterocycles. The van der Waals surface area contributed by atoms with Crippen molar-refractivity contribution in [2.75, 3.05) is 6.54 Å². The molecule has 0 radical (unpaired) electrons. The highest BCUT2D eigenvalue weighted by Gasteiger charge is 2.23. The molecule has 25 heavy (non-hydrogen) atoms. The average Bonchev–Trinajstić information content (AvgIpc) is 3.30. The highest BCUT2D eigenvalue weighted by Crippen LogP contribution is 2.17. The number of amides is 1. The number of para-hydroxylation sites is 1. The first-order valence-electron chi connectivity index (χ1n) is 8.28. The Morgan fingerprint density at radius 1 is 1.32 bits per heavy atom. The van der Waals surface area contributed by atoms with Crippen molar-refractivity contribution in [1.82, 2.24) is 35.8 Å². The maximum absolute atomic E-state index is 12.6. The molecule has 1 amide bonds. The summed E-state index contributed by atoms with van der Waals surface area (Å²) >= 11 is 0. The van der Waals surface area contributed by atoms with Crippen LogP contribution in [0, 0.1) is 0 Å². The summed E-state index contributed by atoms with van der Waals surface area (Å²) in [4.78, 5) is 12.6. The molecule has 1 aromatic carbocycles. The van der Waals surface area contributed by atoms with E-state index in [-0.39, 0.29) is 11.9 Å². The van der Waals surface area contributed by atoms with E-state index in [0.29, 0.717) is 17.9 Å². The van der Waals surface area contributed by atoms with Crippen molar-refractivity contribution in [2.45, 2.75) is 25.9 Å². The molecule has 0 bridgehead atoms. The van der Waals surface area contributed by atoms with Gasteiger partial charge in [-0.2, -0.15) is 5.10 Å². The quantitative estimate of drug-likeness (QED) is 0.662. The highest BCUT2D eigenvalue weighted by atomic mass is 16.2. The molecule has 0 spiro atoms. The molecular weight excluding hydrogens is 318 g/mol. The number of benzene rings is 1. The molecule has 3 aromatic rings. The molecule has 1 atom stereocenters. The number of H-pyrrole nitrogens is 1. The summed E-state index contributed by atoms with van der Waals surface area (Å²) in [6.07, 6.45) is 2.68. The number of carbonyl (C=O) groups excluding carboxylic acids is 1. The zero-order valence-electron chi connectivity index (χ0n) is 13.9. The molecule has 0 saturated heterocycles. The SMILES string of the molecule is CC(NC(=O)c1n[nH]c2c1CNCC2)c1cn(-c2ccccc2)nn1. The molecule has 1 unspecified atom stereocenters. The van der Waals surface area contributed by atoms with Crippen LogP contribution in [0.5, 0.6) is 0 Å². The third kappa shape index (κ3) is 3.03. The van der Waals surface area contributed by atoms with Gasteiger partial charge in [-0.05, 0) is 19.1 Å². The van der Waals surface area contributed by atoms with E-state index in [1.54, 1.807) is 4.68 Å². The lowest BCUT2D eigenvalue weighted by atomic mass is 10.1. The van der Waals surface area contributed by atoms with Gasteiger partial charge in [0.2, 0.25) is 0 Å². The Labute approximate surface area is 144 Å². The minimum Gasteiger partial charge on any atom is -0.342 e. The van der Waals surface area contributed by atoms with Crippen LogP contribution < -0.4 is 10.6 Å². The molecular formula is C17H19N7O. The minimum absolute atomic E-state index is 0.206. The van der Waals surface area contributed by atoms with E-state index in [1.165, 1.54) is 0 Å². The first kappa shape index (κ1) is 15.5. The van der Waals surface area contributed by atoms with E-state index in [1.807, 2.05) is 43.5 Å². The third-order valence-electron chi connectivity index (χ3n) is 4.34. The zero-order valence-corrected chi connectivity index (χ0v) is 13.9. The Hall–Kier alpha value is -3.00. The lowest BCUT2D eigenvalue weighted by Gasteiger charge is -2.14. The maximum Gasteiger partial charge on any atom is 0.272 e. The molecule has 0 saturated carbocycles. The maximum atomic E-state index is 12.6. The van der Waals surface area contributed by atoms with Crippen molar-refractivity contribution < 1.29 is 4.79 Å². The summed E-state index contributed by atoms with van der Waals surface area (Å²) in [6, 6.07) is 9.46. The van der Waals surface area contributed by atoms with Crippen LogP contribution in [0.15, 0.2) is 36.5 Å². The fourth-order valence-corrected chi connectivity index (χ4v) is 2.93. The minimum atomic E-state index is -0.270. The average molecular weight is 337 g/mol. The largest absolute Gasteiger partial charge is 0.342 e. The van der Waals surface area contributed by atoms with Crippen LogP contribution in [0.4, 0.5) is 0 Å². The second kappa shape index (κ2) is 6.48. The lowest BCUT2D eigenvalue weighted by Crippen LogP contribution is -2.30. The molecule has 8 heteroatoms. The number of nitrogens with one attached hydrogen (secondary N) is 3. The van der Waals surface area contributed by atoms with E-state index in [0.717, 1.165) is 29.9 Å². The third-order valence-corrected chi connectivity index (χ3v) is 4.34. The first-order chi connectivity index (χ1) is 12.2. The van der Waals surface area contributed by atoms with Gasteiger partial charge in [0, 0.05) is 30.8 Å². The highest BCUT2D eigenvalue weighted by molar-refractivity contribution is 5.94. The summed E-state index contributed by atoms with van der Waals surface area (Å²) in [6.45, 7) is 3.44. The molecule has 4 rings (SSSR count). The summed E-state index contributed by atoms with van der Waals surface area (Å²) in [5.41, 5.74) is 4.05. The van der Waals surface area contributed by atoms with Crippen molar-refractivity contribution in [3.05, 3.63) is 59.2 Å². The van der Waals surface area contributed by atoms with Crippen molar-refractivity contribution >= 4 is 5.91 Å². The van der Waals surface area contributed by atoms with Crippen LogP contribution in [0.2, 0.25) is 0 Å². The number of hydrogen-bond acceptors (Lipinski definition) is 5. The number of aromatic amines is 1. The van der Waals surface area contributed by atoms with E-state index >= 15 is 0 Å². The van der Waals surface area contributed by atoms with Gasteiger partial charge in [-0.1, -0.05) is 23.4 Å². The molecule has 128 valence electrons. The van der Waals surface area contributed by atoms with Crippen LogP contribution in [-0.4, -0.2) is 37.6 Å². The number of fused-ring (bicyclic) bond motifs is 1. The number of rotatable bonds is 4. The van der Waals surface area contributed by atoms with Gasteiger partial charge in [0.1, 0.15) is 5.69 Å². The zero-order chi connectivity index (χ0) is 17.2. The topological polar surface area (TPSA) is 101 Å². The van der Waals surface area contributed by atoms with Crippen molar-refractivity contribution in [2.24, 2.45) is 0 Å². The Morgan fingerprint density at radius 3 is 3.00 bits per heavy atom. The number of carbonyl (C=O) groups is 1. The van der Waals surface area contributed by atoms with Crippen LogP contribution >= 0.6 is 0 Å². The molecule has 0 fully saturated rings. The predicted octanol–water partition coefficient (Wildman–Crippen LogP) is 1.13.